The van der Waals surface area contributed by atoms with E-state index in [9.17, 15) is 9.59 Å². The molecule has 0 spiro atoms. The van der Waals surface area contributed by atoms with Gasteiger partial charge >= 0.3 is 6.09 Å². The maximum Gasteiger partial charge on any atom is 0.413 e. The van der Waals surface area contributed by atoms with Crippen LogP contribution in [0.25, 0.3) is 11.1 Å². The highest BCUT2D eigenvalue weighted by atomic mass is 32.1. The molecule has 2 atom stereocenters. The van der Waals surface area contributed by atoms with Crippen molar-refractivity contribution in [3.8, 4) is 0 Å². The second-order valence-corrected chi connectivity index (χ2v) is 9.20. The number of aldehydes is 1. The Hall–Kier alpha value is -3.14. The van der Waals surface area contributed by atoms with Crippen molar-refractivity contribution >= 4 is 51.6 Å². The Bertz CT molecular complexity index is 1120. The minimum Gasteiger partial charge on any atom is -0.444 e. The number of carbonyl (C=O) groups excluding carboxylic acids is 2. The molecule has 9 nitrogen and oxygen atoms in total. The van der Waals surface area contributed by atoms with Crippen molar-refractivity contribution in [1.82, 2.24) is 9.97 Å². The fraction of sp³-hybridized carbons (Fsp3) is 0.400. The van der Waals surface area contributed by atoms with Gasteiger partial charge in [-0.15, -0.1) is 0 Å². The molecule has 1 aromatic carbocycles. The van der Waals surface area contributed by atoms with Gasteiger partial charge in [-0.25, -0.2) is 9.78 Å². The van der Waals surface area contributed by atoms with Gasteiger partial charge in [0.15, 0.2) is 10.7 Å². The van der Waals surface area contributed by atoms with Crippen LogP contribution >= 0.6 is 11.3 Å². The van der Waals surface area contributed by atoms with Gasteiger partial charge in [0.25, 0.3) is 6.01 Å². The number of nitrogens with one attached hydrogen (secondary N) is 1. The highest BCUT2D eigenvalue weighted by molar-refractivity contribution is 7.16. The van der Waals surface area contributed by atoms with Crippen LogP contribution in [-0.4, -0.2) is 34.0 Å². The zero-order valence-electron chi connectivity index (χ0n) is 17.1. The van der Waals surface area contributed by atoms with Crippen molar-refractivity contribution in [2.45, 2.75) is 51.8 Å². The molecule has 0 unspecified atom stereocenters. The number of oxazole rings is 1. The minimum atomic E-state index is -0.607. The van der Waals surface area contributed by atoms with Crippen LogP contribution in [0.15, 0.2) is 22.6 Å². The quantitative estimate of drug-likeness (QED) is 0.474. The number of nitrogen functional groups attached to an aromatic ring is 1. The van der Waals surface area contributed by atoms with Crippen molar-refractivity contribution in [2.24, 2.45) is 0 Å². The average molecular weight is 430 g/mol. The van der Waals surface area contributed by atoms with Crippen LogP contribution in [-0.2, 0) is 16.0 Å². The van der Waals surface area contributed by atoms with E-state index in [1.807, 2.05) is 11.8 Å². The van der Waals surface area contributed by atoms with Gasteiger partial charge in [-0.05, 0) is 45.9 Å². The molecule has 3 aromatic rings. The van der Waals surface area contributed by atoms with Crippen LogP contribution in [0.5, 0.6) is 0 Å². The number of anilines is 3. The summed E-state index contributed by atoms with van der Waals surface area (Å²) in [6.45, 7) is 7.33. The van der Waals surface area contributed by atoms with Gasteiger partial charge in [0.05, 0.1) is 22.7 Å². The van der Waals surface area contributed by atoms with Crippen molar-refractivity contribution in [3.05, 3.63) is 28.8 Å². The van der Waals surface area contributed by atoms with Gasteiger partial charge in [0.2, 0.25) is 0 Å². The Balaban J connectivity index is 1.64. The monoisotopic (exact) mass is 429 g/mol. The molecule has 0 saturated carbocycles. The number of amides is 1. The van der Waals surface area contributed by atoms with Crippen LogP contribution in [0.3, 0.4) is 0 Å². The summed E-state index contributed by atoms with van der Waals surface area (Å²) in [6.07, 6.45) is 0.682. The second kappa shape index (κ2) is 7.28. The minimum absolute atomic E-state index is 0.221. The van der Waals surface area contributed by atoms with E-state index in [4.69, 9.17) is 14.9 Å². The molecule has 0 aliphatic carbocycles. The Kier molecular flexibility index (Phi) is 4.89. The fourth-order valence-electron chi connectivity index (χ4n) is 3.45. The molecule has 158 valence electrons. The summed E-state index contributed by atoms with van der Waals surface area (Å²) in [4.78, 5) is 35.8. The van der Waals surface area contributed by atoms with Gasteiger partial charge in [-0.3, -0.25) is 5.32 Å². The molecule has 3 N–H and O–H groups in total. The number of benzene rings is 1. The Morgan fingerprint density at radius 1 is 1.40 bits per heavy atom. The lowest BCUT2D eigenvalue weighted by Crippen LogP contribution is -2.43. The van der Waals surface area contributed by atoms with Gasteiger partial charge in [-0.1, -0.05) is 11.3 Å². The highest BCUT2D eigenvalue weighted by Crippen LogP contribution is 2.41. The molecule has 0 radical (unpaired) electrons. The van der Waals surface area contributed by atoms with E-state index in [-0.39, 0.29) is 6.04 Å². The number of nitrogens with zero attached hydrogens (tertiary/aromatic N) is 3. The first-order chi connectivity index (χ1) is 14.1. The van der Waals surface area contributed by atoms with Crippen LogP contribution in [0.2, 0.25) is 0 Å². The van der Waals surface area contributed by atoms with Gasteiger partial charge in [0, 0.05) is 12.1 Å². The lowest BCUT2D eigenvalue weighted by atomic mass is 10.0. The molecule has 2 aromatic heterocycles. The van der Waals surface area contributed by atoms with Crippen LogP contribution in [0, 0.1) is 0 Å². The van der Waals surface area contributed by atoms with E-state index in [1.54, 1.807) is 39.0 Å². The third-order valence-corrected chi connectivity index (χ3v) is 5.85. The van der Waals surface area contributed by atoms with E-state index >= 15 is 0 Å². The number of thiazole rings is 1. The van der Waals surface area contributed by atoms with E-state index in [0.717, 1.165) is 16.9 Å². The number of carbonyl (C=O) groups is 2. The largest absolute Gasteiger partial charge is 0.444 e. The number of ether oxygens (including phenoxy) is 1. The molecule has 10 heteroatoms. The normalized spacial score (nSPS) is 18.9. The Morgan fingerprint density at radius 3 is 2.87 bits per heavy atom. The zero-order valence-corrected chi connectivity index (χ0v) is 17.9. The number of nitrogens with two attached hydrogens (primary N) is 1. The molecule has 0 bridgehead atoms. The lowest BCUT2D eigenvalue weighted by molar-refractivity contribution is -0.109. The van der Waals surface area contributed by atoms with Crippen LogP contribution < -0.4 is 16.0 Å². The summed E-state index contributed by atoms with van der Waals surface area (Å²) in [5, 5.41) is 3.11. The average Bonchev–Trinajstić information content (AvgIpc) is 3.22. The third-order valence-electron chi connectivity index (χ3n) is 4.67. The summed E-state index contributed by atoms with van der Waals surface area (Å²) in [7, 11) is 0. The predicted molar refractivity (Wildman–Crippen MR) is 115 cm³/mol. The maximum absolute atomic E-state index is 12.1. The Morgan fingerprint density at radius 2 is 2.17 bits per heavy atom. The smallest absolute Gasteiger partial charge is 0.413 e. The summed E-state index contributed by atoms with van der Waals surface area (Å²) >= 11 is 1.35. The van der Waals surface area contributed by atoms with Gasteiger partial charge in [-0.2, -0.15) is 4.98 Å². The summed E-state index contributed by atoms with van der Waals surface area (Å²) in [6, 6.07) is 4.86. The van der Waals surface area contributed by atoms with Crippen molar-refractivity contribution in [3.63, 3.8) is 0 Å². The first-order valence-electron chi connectivity index (χ1n) is 9.54. The number of hydrogen-bond acceptors (Lipinski definition) is 9. The number of rotatable bonds is 3. The third kappa shape index (κ3) is 3.82. The molecule has 1 aliphatic heterocycles. The Labute approximate surface area is 177 Å². The summed E-state index contributed by atoms with van der Waals surface area (Å²) in [5.74, 6) is 0. The highest BCUT2D eigenvalue weighted by Gasteiger charge is 2.37. The fourth-order valence-corrected chi connectivity index (χ4v) is 4.48. The topological polar surface area (TPSA) is 124 Å². The van der Waals surface area contributed by atoms with Gasteiger partial charge < -0.3 is 24.6 Å². The van der Waals surface area contributed by atoms with Crippen LogP contribution in [0.1, 0.15) is 44.3 Å². The molecular weight excluding hydrogens is 406 g/mol. The van der Waals surface area contributed by atoms with E-state index in [1.165, 1.54) is 11.3 Å². The first kappa shape index (κ1) is 20.1. The lowest BCUT2D eigenvalue weighted by Gasteiger charge is -2.35. The molecular formula is C20H23N5O4S. The molecule has 1 aliphatic rings. The molecule has 1 amide bonds. The molecule has 30 heavy (non-hydrogen) atoms. The molecule has 3 heterocycles. The molecule has 4 rings (SSSR count). The van der Waals surface area contributed by atoms with E-state index in [2.05, 4.69) is 15.3 Å². The summed E-state index contributed by atoms with van der Waals surface area (Å²) < 4.78 is 11.2. The van der Waals surface area contributed by atoms with E-state index in [0.29, 0.717) is 34.4 Å². The number of hydrogen-bond donors (Lipinski definition) is 2. The maximum atomic E-state index is 12.1. The number of aromatic nitrogens is 2. The van der Waals surface area contributed by atoms with E-state index < -0.39 is 17.7 Å². The van der Waals surface area contributed by atoms with Gasteiger partial charge in [0.1, 0.15) is 17.4 Å². The molecule has 0 saturated heterocycles. The SMILES string of the molecule is C[C@H]1c2sc(NC(=O)OC(C)(C)C)nc2C[C@@H](C=O)N1c1nc2cc(N)ccc2o1. The number of fused-ring (bicyclic) bond motifs is 2. The molecule has 0 fully saturated rings. The second-order valence-electron chi connectivity index (χ2n) is 8.17. The zero-order chi connectivity index (χ0) is 21.6. The van der Waals surface area contributed by atoms with Crippen LogP contribution in [0.4, 0.5) is 21.6 Å². The summed E-state index contributed by atoms with van der Waals surface area (Å²) in [5.41, 5.74) is 7.81. The predicted octanol–water partition coefficient (Wildman–Crippen LogP) is 3.90. The standard InChI is InChI=1S/C20H23N5O4S/c1-10-16-14(22-17(30-16)24-19(27)29-20(2,3)4)8-12(9-26)25(10)18-23-13-7-11(21)5-6-15(13)28-18/h5-7,9-10,12H,8,21H2,1-4H3,(H,22,24,27)/t10-,12-/m0/s1. The van der Waals surface area contributed by atoms with Crippen molar-refractivity contribution in [2.75, 3.05) is 16.0 Å². The first-order valence-corrected chi connectivity index (χ1v) is 10.4. The van der Waals surface area contributed by atoms with Crippen molar-refractivity contribution in [1.29, 1.82) is 0 Å². The van der Waals surface area contributed by atoms with Crippen molar-refractivity contribution < 1.29 is 18.7 Å².